The van der Waals surface area contributed by atoms with Gasteiger partial charge in [0.2, 0.25) is 5.91 Å². The lowest BCUT2D eigenvalue weighted by Gasteiger charge is -2.31. The zero-order chi connectivity index (χ0) is 14.8. The number of amides is 1. The van der Waals surface area contributed by atoms with Crippen molar-refractivity contribution in [2.24, 2.45) is 5.73 Å². The van der Waals surface area contributed by atoms with Gasteiger partial charge in [-0.25, -0.2) is 4.79 Å². The minimum Gasteiger partial charge on any atom is -0.478 e. The number of rotatable bonds is 3. The summed E-state index contributed by atoms with van der Waals surface area (Å²) >= 11 is 5.76. The largest absolute Gasteiger partial charge is 0.478 e. The van der Waals surface area contributed by atoms with Crippen molar-refractivity contribution in [1.82, 2.24) is 0 Å². The molecular formula is C13H15ClN2O4. The number of aromatic carboxylic acids is 1. The van der Waals surface area contributed by atoms with Crippen molar-refractivity contribution in [2.75, 3.05) is 18.5 Å². The van der Waals surface area contributed by atoms with E-state index in [1.165, 1.54) is 18.2 Å². The Morgan fingerprint density at radius 3 is 2.60 bits per heavy atom. The van der Waals surface area contributed by atoms with Crippen LogP contribution in [-0.4, -0.2) is 35.7 Å². The highest BCUT2D eigenvalue weighted by atomic mass is 35.5. The second kappa shape index (κ2) is 5.78. The fourth-order valence-corrected chi connectivity index (χ4v) is 2.18. The van der Waals surface area contributed by atoms with Gasteiger partial charge < -0.3 is 20.9 Å². The zero-order valence-electron chi connectivity index (χ0n) is 10.7. The number of carbonyl (C=O) groups is 2. The zero-order valence-corrected chi connectivity index (χ0v) is 11.4. The van der Waals surface area contributed by atoms with E-state index in [4.69, 9.17) is 27.2 Å². The summed E-state index contributed by atoms with van der Waals surface area (Å²) in [5.74, 6) is -1.58. The molecule has 0 atom stereocenters. The van der Waals surface area contributed by atoms with E-state index in [9.17, 15) is 9.59 Å². The Labute approximate surface area is 120 Å². The van der Waals surface area contributed by atoms with Crippen LogP contribution in [0.4, 0.5) is 5.69 Å². The summed E-state index contributed by atoms with van der Waals surface area (Å²) < 4.78 is 5.17. The molecule has 1 aromatic rings. The molecule has 1 heterocycles. The standard InChI is InChI=1S/C13H15ClN2O4/c14-8-1-2-10(9(7-8)11(17)18)16-12(19)13(15)3-5-20-6-4-13/h1-2,7H,3-6,15H2,(H,16,19)(H,17,18). The Hall–Kier alpha value is -1.63. The van der Waals surface area contributed by atoms with Crippen molar-refractivity contribution in [3.63, 3.8) is 0 Å². The SMILES string of the molecule is NC1(C(=O)Nc2ccc(Cl)cc2C(=O)O)CCOCC1. The molecule has 0 aliphatic carbocycles. The van der Waals surface area contributed by atoms with Crippen LogP contribution < -0.4 is 11.1 Å². The Bertz CT molecular complexity index is 541. The van der Waals surface area contributed by atoms with Crippen LogP contribution in [0.25, 0.3) is 0 Å². The summed E-state index contributed by atoms with van der Waals surface area (Å²) in [5, 5.41) is 12.0. The van der Waals surface area contributed by atoms with Crippen molar-refractivity contribution < 1.29 is 19.4 Å². The minimum atomic E-state index is -1.17. The molecule has 2 rings (SSSR count). The number of hydrogen-bond acceptors (Lipinski definition) is 4. The van der Waals surface area contributed by atoms with Gasteiger partial charge in [-0.2, -0.15) is 0 Å². The summed E-state index contributed by atoms with van der Waals surface area (Å²) in [7, 11) is 0. The normalized spacial score (nSPS) is 17.5. The molecule has 6 nitrogen and oxygen atoms in total. The van der Waals surface area contributed by atoms with E-state index in [1.54, 1.807) is 0 Å². The molecule has 1 fully saturated rings. The maximum atomic E-state index is 12.2. The van der Waals surface area contributed by atoms with E-state index in [0.29, 0.717) is 26.1 Å². The number of ether oxygens (including phenoxy) is 1. The highest BCUT2D eigenvalue weighted by Crippen LogP contribution is 2.24. The number of hydrogen-bond donors (Lipinski definition) is 3. The first-order chi connectivity index (χ1) is 9.42. The van der Waals surface area contributed by atoms with Crippen LogP contribution in [-0.2, 0) is 9.53 Å². The predicted molar refractivity (Wildman–Crippen MR) is 74.0 cm³/mol. The van der Waals surface area contributed by atoms with Crippen LogP contribution in [0, 0.1) is 0 Å². The number of nitrogens with two attached hydrogens (primary N) is 1. The fourth-order valence-electron chi connectivity index (χ4n) is 2.01. The lowest BCUT2D eigenvalue weighted by molar-refractivity contribution is -0.124. The Morgan fingerprint density at radius 2 is 2.00 bits per heavy atom. The first kappa shape index (κ1) is 14.8. The molecule has 1 aromatic carbocycles. The van der Waals surface area contributed by atoms with Gasteiger partial charge in [0.05, 0.1) is 11.3 Å². The Morgan fingerprint density at radius 1 is 1.35 bits per heavy atom. The van der Waals surface area contributed by atoms with Gasteiger partial charge in [-0.05, 0) is 31.0 Å². The molecule has 20 heavy (non-hydrogen) atoms. The van der Waals surface area contributed by atoms with E-state index in [1.807, 2.05) is 0 Å². The highest BCUT2D eigenvalue weighted by molar-refractivity contribution is 6.31. The third-order valence-electron chi connectivity index (χ3n) is 3.30. The molecular weight excluding hydrogens is 284 g/mol. The minimum absolute atomic E-state index is 0.0680. The topological polar surface area (TPSA) is 102 Å². The Kier molecular flexibility index (Phi) is 4.27. The fraction of sp³-hybridized carbons (Fsp3) is 0.385. The van der Waals surface area contributed by atoms with Crippen LogP contribution in [0.15, 0.2) is 18.2 Å². The third kappa shape index (κ3) is 3.09. The van der Waals surface area contributed by atoms with Gasteiger partial charge in [-0.3, -0.25) is 4.79 Å². The van der Waals surface area contributed by atoms with Crippen LogP contribution in [0.5, 0.6) is 0 Å². The lowest BCUT2D eigenvalue weighted by atomic mass is 9.90. The van der Waals surface area contributed by atoms with Crippen molar-refractivity contribution >= 4 is 29.2 Å². The highest BCUT2D eigenvalue weighted by Gasteiger charge is 2.36. The second-order valence-electron chi connectivity index (χ2n) is 4.72. The molecule has 1 saturated heterocycles. The average Bonchev–Trinajstić information content (AvgIpc) is 2.41. The molecule has 0 radical (unpaired) electrons. The maximum absolute atomic E-state index is 12.2. The van der Waals surface area contributed by atoms with E-state index in [-0.39, 0.29) is 16.3 Å². The first-order valence-electron chi connectivity index (χ1n) is 6.13. The quantitative estimate of drug-likeness (QED) is 0.784. The van der Waals surface area contributed by atoms with Gasteiger partial charge in [-0.15, -0.1) is 0 Å². The molecule has 108 valence electrons. The average molecular weight is 299 g/mol. The summed E-state index contributed by atoms with van der Waals surface area (Å²) in [6.45, 7) is 0.826. The Balaban J connectivity index is 2.21. The smallest absolute Gasteiger partial charge is 0.337 e. The summed E-state index contributed by atoms with van der Waals surface area (Å²) in [5.41, 5.74) is 5.12. The second-order valence-corrected chi connectivity index (χ2v) is 5.15. The van der Waals surface area contributed by atoms with Crippen LogP contribution in [0.1, 0.15) is 23.2 Å². The molecule has 1 aliphatic heterocycles. The number of nitrogens with one attached hydrogen (secondary N) is 1. The van der Waals surface area contributed by atoms with E-state index in [2.05, 4.69) is 5.32 Å². The molecule has 4 N–H and O–H groups in total. The summed E-state index contributed by atoms with van der Waals surface area (Å²) in [4.78, 5) is 23.4. The number of anilines is 1. The van der Waals surface area contributed by atoms with Gasteiger partial charge in [0.25, 0.3) is 0 Å². The first-order valence-corrected chi connectivity index (χ1v) is 6.51. The molecule has 0 saturated carbocycles. The van der Waals surface area contributed by atoms with Crippen LogP contribution in [0.3, 0.4) is 0 Å². The molecule has 1 amide bonds. The summed E-state index contributed by atoms with van der Waals surface area (Å²) in [6.07, 6.45) is 0.795. The van der Waals surface area contributed by atoms with E-state index < -0.39 is 17.4 Å². The molecule has 0 spiro atoms. The van der Waals surface area contributed by atoms with Crippen molar-refractivity contribution in [3.8, 4) is 0 Å². The van der Waals surface area contributed by atoms with E-state index in [0.717, 1.165) is 0 Å². The van der Waals surface area contributed by atoms with Crippen LogP contribution in [0.2, 0.25) is 5.02 Å². The molecule has 0 aromatic heterocycles. The van der Waals surface area contributed by atoms with Gasteiger partial charge in [0.1, 0.15) is 5.54 Å². The predicted octanol–water partition coefficient (Wildman–Crippen LogP) is 1.48. The van der Waals surface area contributed by atoms with Gasteiger partial charge in [-0.1, -0.05) is 11.6 Å². The molecule has 7 heteroatoms. The van der Waals surface area contributed by atoms with Crippen molar-refractivity contribution in [3.05, 3.63) is 28.8 Å². The maximum Gasteiger partial charge on any atom is 0.337 e. The van der Waals surface area contributed by atoms with Crippen molar-refractivity contribution in [1.29, 1.82) is 0 Å². The van der Waals surface area contributed by atoms with Crippen molar-refractivity contribution in [2.45, 2.75) is 18.4 Å². The number of carboxylic acids is 1. The molecule has 1 aliphatic rings. The van der Waals surface area contributed by atoms with Gasteiger partial charge >= 0.3 is 5.97 Å². The third-order valence-corrected chi connectivity index (χ3v) is 3.53. The van der Waals surface area contributed by atoms with Gasteiger partial charge in [0, 0.05) is 18.2 Å². The summed E-state index contributed by atoms with van der Waals surface area (Å²) in [6, 6.07) is 4.25. The number of carbonyl (C=O) groups excluding carboxylic acids is 1. The number of halogens is 1. The number of carboxylic acid groups (broad SMARTS) is 1. The van der Waals surface area contributed by atoms with Gasteiger partial charge in [0.15, 0.2) is 0 Å². The lowest BCUT2D eigenvalue weighted by Crippen LogP contribution is -2.54. The number of benzene rings is 1. The molecule has 0 unspecified atom stereocenters. The monoisotopic (exact) mass is 298 g/mol. The van der Waals surface area contributed by atoms with E-state index >= 15 is 0 Å². The van der Waals surface area contributed by atoms with Crippen LogP contribution >= 0.6 is 11.6 Å². The molecule has 0 bridgehead atoms.